The van der Waals surface area contributed by atoms with Gasteiger partial charge < -0.3 is 10.2 Å². The molecule has 0 aliphatic carbocycles. The predicted molar refractivity (Wildman–Crippen MR) is 56.5 cm³/mol. The summed E-state index contributed by atoms with van der Waals surface area (Å²) in [7, 11) is 0. The maximum Gasteiger partial charge on any atom is 0.146 e. The molecule has 0 atom stereocenters. The van der Waals surface area contributed by atoms with Crippen molar-refractivity contribution in [3.05, 3.63) is 28.8 Å². The molecule has 0 aromatic heterocycles. The largest absolute Gasteiger partial charge is 0.369 e. The van der Waals surface area contributed by atoms with Crippen LogP contribution in [0.5, 0.6) is 0 Å². The van der Waals surface area contributed by atoms with Gasteiger partial charge >= 0.3 is 0 Å². The van der Waals surface area contributed by atoms with Crippen LogP contribution in [-0.2, 0) is 0 Å². The van der Waals surface area contributed by atoms with Crippen LogP contribution in [0.15, 0.2) is 12.1 Å². The van der Waals surface area contributed by atoms with Gasteiger partial charge in [0.05, 0.1) is 0 Å². The van der Waals surface area contributed by atoms with E-state index in [4.69, 9.17) is 11.6 Å². The molecular formula is C10H11ClF2N2. The Kier molecular flexibility index (Phi) is 3.07. The van der Waals surface area contributed by atoms with Crippen LogP contribution in [0.2, 0.25) is 5.02 Å². The molecule has 1 heterocycles. The van der Waals surface area contributed by atoms with E-state index in [1.807, 2.05) is 4.90 Å². The standard InChI is InChI=1S/C10H11ClF2N2/c11-10-8(12)5-7(6-9(10)13)15-3-1-14-2-4-15/h5-6,14H,1-4H2. The van der Waals surface area contributed by atoms with Gasteiger partial charge in [-0.3, -0.25) is 0 Å². The van der Waals surface area contributed by atoms with Crippen LogP contribution < -0.4 is 10.2 Å². The van der Waals surface area contributed by atoms with Crippen molar-refractivity contribution in [2.24, 2.45) is 0 Å². The second kappa shape index (κ2) is 4.33. The lowest BCUT2D eigenvalue weighted by Crippen LogP contribution is -2.43. The molecule has 2 nitrogen and oxygen atoms in total. The molecule has 1 saturated heterocycles. The van der Waals surface area contributed by atoms with Crippen LogP contribution in [-0.4, -0.2) is 26.2 Å². The van der Waals surface area contributed by atoms with Crippen molar-refractivity contribution in [1.29, 1.82) is 0 Å². The molecule has 82 valence electrons. The average molecular weight is 233 g/mol. The minimum Gasteiger partial charge on any atom is -0.369 e. The summed E-state index contributed by atoms with van der Waals surface area (Å²) in [6.07, 6.45) is 0. The summed E-state index contributed by atoms with van der Waals surface area (Å²) >= 11 is 5.41. The Morgan fingerprint density at radius 2 is 1.67 bits per heavy atom. The van der Waals surface area contributed by atoms with Gasteiger partial charge in [-0.25, -0.2) is 8.78 Å². The SMILES string of the molecule is Fc1cc(N2CCNCC2)cc(F)c1Cl. The van der Waals surface area contributed by atoms with Gasteiger partial charge in [0.1, 0.15) is 16.7 Å². The number of anilines is 1. The topological polar surface area (TPSA) is 15.3 Å². The summed E-state index contributed by atoms with van der Waals surface area (Å²) in [6, 6.07) is 2.55. The molecule has 1 fully saturated rings. The molecule has 1 aromatic rings. The van der Waals surface area contributed by atoms with Crippen LogP contribution in [0.4, 0.5) is 14.5 Å². The van der Waals surface area contributed by atoms with Gasteiger partial charge in [-0.15, -0.1) is 0 Å². The highest BCUT2D eigenvalue weighted by Gasteiger charge is 2.15. The molecule has 0 bridgehead atoms. The van der Waals surface area contributed by atoms with Gasteiger partial charge in [0.15, 0.2) is 0 Å². The molecule has 0 spiro atoms. The number of nitrogens with zero attached hydrogens (tertiary/aromatic N) is 1. The molecule has 15 heavy (non-hydrogen) atoms. The fourth-order valence-corrected chi connectivity index (χ4v) is 1.76. The Balaban J connectivity index is 2.27. The molecule has 1 aliphatic rings. The molecule has 1 N–H and O–H groups in total. The normalized spacial score (nSPS) is 16.9. The first-order valence-corrected chi connectivity index (χ1v) is 5.16. The van der Waals surface area contributed by atoms with Gasteiger partial charge in [0.25, 0.3) is 0 Å². The molecular weight excluding hydrogens is 222 g/mol. The van der Waals surface area contributed by atoms with Gasteiger partial charge in [0.2, 0.25) is 0 Å². The summed E-state index contributed by atoms with van der Waals surface area (Å²) in [6.45, 7) is 3.15. The minimum absolute atomic E-state index is 0.436. The van der Waals surface area contributed by atoms with Crippen molar-refractivity contribution in [3.8, 4) is 0 Å². The van der Waals surface area contributed by atoms with E-state index in [-0.39, 0.29) is 0 Å². The summed E-state index contributed by atoms with van der Waals surface area (Å²) in [5.41, 5.74) is 0.552. The van der Waals surface area contributed by atoms with E-state index in [1.54, 1.807) is 0 Å². The Hall–Kier alpha value is -0.870. The molecule has 2 rings (SSSR count). The minimum atomic E-state index is -0.704. The highest BCUT2D eigenvalue weighted by Crippen LogP contribution is 2.25. The smallest absolute Gasteiger partial charge is 0.146 e. The molecule has 0 saturated carbocycles. The number of nitrogens with one attached hydrogen (secondary N) is 1. The second-order valence-electron chi connectivity index (χ2n) is 3.46. The van der Waals surface area contributed by atoms with E-state index in [1.165, 1.54) is 12.1 Å². The third-order valence-corrected chi connectivity index (χ3v) is 2.81. The van der Waals surface area contributed by atoms with Crippen molar-refractivity contribution in [2.75, 3.05) is 31.1 Å². The van der Waals surface area contributed by atoms with Crippen LogP contribution in [0.1, 0.15) is 0 Å². The average Bonchev–Trinajstić information content (AvgIpc) is 2.26. The van der Waals surface area contributed by atoms with E-state index >= 15 is 0 Å². The first-order chi connectivity index (χ1) is 7.18. The number of rotatable bonds is 1. The molecule has 0 unspecified atom stereocenters. The maximum atomic E-state index is 13.2. The number of halogens is 3. The van der Waals surface area contributed by atoms with E-state index in [0.717, 1.165) is 26.2 Å². The van der Waals surface area contributed by atoms with Crippen LogP contribution in [0.25, 0.3) is 0 Å². The van der Waals surface area contributed by atoms with E-state index in [2.05, 4.69) is 5.32 Å². The number of hydrogen-bond donors (Lipinski definition) is 1. The lowest BCUT2D eigenvalue weighted by atomic mass is 10.2. The van der Waals surface area contributed by atoms with Gasteiger partial charge in [-0.2, -0.15) is 0 Å². The van der Waals surface area contributed by atoms with Crippen LogP contribution in [0.3, 0.4) is 0 Å². The summed E-state index contributed by atoms with van der Waals surface area (Å²) in [5.74, 6) is -1.41. The summed E-state index contributed by atoms with van der Waals surface area (Å²) < 4.78 is 26.4. The number of piperazine rings is 1. The third kappa shape index (κ3) is 2.21. The van der Waals surface area contributed by atoms with Crippen molar-refractivity contribution in [2.45, 2.75) is 0 Å². The third-order valence-electron chi connectivity index (χ3n) is 2.45. The quantitative estimate of drug-likeness (QED) is 0.746. The van der Waals surface area contributed by atoms with E-state index in [0.29, 0.717) is 5.69 Å². The maximum absolute atomic E-state index is 13.2. The van der Waals surface area contributed by atoms with Crippen molar-refractivity contribution >= 4 is 17.3 Å². The second-order valence-corrected chi connectivity index (χ2v) is 3.84. The fourth-order valence-electron chi connectivity index (χ4n) is 1.65. The van der Waals surface area contributed by atoms with Crippen LogP contribution >= 0.6 is 11.6 Å². The highest BCUT2D eigenvalue weighted by molar-refractivity contribution is 6.30. The molecule has 0 amide bonds. The first-order valence-electron chi connectivity index (χ1n) is 4.78. The Bertz CT molecular complexity index is 341. The summed E-state index contributed by atoms with van der Waals surface area (Å²) in [4.78, 5) is 1.93. The highest BCUT2D eigenvalue weighted by atomic mass is 35.5. The van der Waals surface area contributed by atoms with Gasteiger partial charge in [0, 0.05) is 31.9 Å². The van der Waals surface area contributed by atoms with E-state index < -0.39 is 16.7 Å². The number of hydrogen-bond acceptors (Lipinski definition) is 2. The zero-order valence-corrected chi connectivity index (χ0v) is 8.82. The molecule has 1 aromatic carbocycles. The van der Waals surface area contributed by atoms with Crippen LogP contribution in [0, 0.1) is 11.6 Å². The zero-order chi connectivity index (χ0) is 10.8. The van der Waals surface area contributed by atoms with Crippen molar-refractivity contribution in [3.63, 3.8) is 0 Å². The lowest BCUT2D eigenvalue weighted by Gasteiger charge is -2.29. The fraction of sp³-hybridized carbons (Fsp3) is 0.400. The van der Waals surface area contributed by atoms with Gasteiger partial charge in [-0.1, -0.05) is 11.6 Å². The summed E-state index contributed by atoms with van der Waals surface area (Å²) in [5, 5.41) is 2.73. The Morgan fingerprint density at radius 1 is 1.13 bits per heavy atom. The molecule has 5 heteroatoms. The molecule has 0 radical (unpaired) electrons. The van der Waals surface area contributed by atoms with E-state index in [9.17, 15) is 8.78 Å². The predicted octanol–water partition coefficient (Wildman–Crippen LogP) is 2.03. The zero-order valence-electron chi connectivity index (χ0n) is 8.06. The van der Waals surface area contributed by atoms with Crippen molar-refractivity contribution < 1.29 is 8.78 Å². The van der Waals surface area contributed by atoms with Crippen molar-refractivity contribution in [1.82, 2.24) is 5.32 Å². The Morgan fingerprint density at radius 3 is 2.20 bits per heavy atom. The number of benzene rings is 1. The van der Waals surface area contributed by atoms with Gasteiger partial charge in [-0.05, 0) is 12.1 Å². The monoisotopic (exact) mass is 232 g/mol. The lowest BCUT2D eigenvalue weighted by molar-refractivity contribution is 0.568. The first kappa shape index (κ1) is 10.6. The Labute approximate surface area is 91.8 Å². The molecule has 1 aliphatic heterocycles.